The zero-order valence-electron chi connectivity index (χ0n) is 15.2. The van der Waals surface area contributed by atoms with Crippen LogP contribution in [-0.2, 0) is 27.8 Å². The minimum atomic E-state index is -3.56. The third kappa shape index (κ3) is 6.28. The molecule has 0 aliphatic rings. The predicted octanol–water partition coefficient (Wildman–Crippen LogP) is 3.01. The number of nitrogens with one attached hydrogen (secondary N) is 2. The van der Waals surface area contributed by atoms with Gasteiger partial charge in [0.25, 0.3) is 0 Å². The van der Waals surface area contributed by atoms with Crippen LogP contribution in [0.5, 0.6) is 0 Å². The lowest BCUT2D eigenvalue weighted by Crippen LogP contribution is -2.32. The highest BCUT2D eigenvalue weighted by molar-refractivity contribution is 7.89. The SMILES string of the molecule is CC[C@@H](C)NC(=O)CCc1ccc(S(=O)(=O)NCc2ccccc2)cc1. The Bertz CT molecular complexity index is 803. The van der Waals surface area contributed by atoms with Gasteiger partial charge in [-0.25, -0.2) is 13.1 Å². The molecule has 0 aliphatic heterocycles. The summed E-state index contributed by atoms with van der Waals surface area (Å²) in [5.41, 5.74) is 1.84. The lowest BCUT2D eigenvalue weighted by molar-refractivity contribution is -0.121. The largest absolute Gasteiger partial charge is 0.354 e. The summed E-state index contributed by atoms with van der Waals surface area (Å²) in [6, 6.07) is 16.2. The zero-order chi connectivity index (χ0) is 19.0. The Labute approximate surface area is 155 Å². The third-order valence-electron chi connectivity index (χ3n) is 4.20. The molecule has 2 rings (SSSR count). The summed E-state index contributed by atoms with van der Waals surface area (Å²) in [4.78, 5) is 12.0. The van der Waals surface area contributed by atoms with E-state index in [1.807, 2.05) is 44.2 Å². The van der Waals surface area contributed by atoms with Crippen molar-refractivity contribution in [1.82, 2.24) is 10.0 Å². The molecular weight excluding hydrogens is 348 g/mol. The summed E-state index contributed by atoms with van der Waals surface area (Å²) in [5.74, 6) is 0.0144. The molecule has 0 aliphatic carbocycles. The van der Waals surface area contributed by atoms with Gasteiger partial charge in [0.15, 0.2) is 0 Å². The third-order valence-corrected chi connectivity index (χ3v) is 5.62. The molecule has 1 atom stereocenters. The summed E-state index contributed by atoms with van der Waals surface area (Å²) < 4.78 is 27.3. The summed E-state index contributed by atoms with van der Waals surface area (Å²) >= 11 is 0. The van der Waals surface area contributed by atoms with Gasteiger partial charge in [0.1, 0.15) is 0 Å². The van der Waals surface area contributed by atoms with Gasteiger partial charge in [-0.2, -0.15) is 0 Å². The zero-order valence-corrected chi connectivity index (χ0v) is 16.1. The second-order valence-electron chi connectivity index (χ2n) is 6.33. The molecule has 0 unspecified atom stereocenters. The number of amides is 1. The van der Waals surface area contributed by atoms with Crippen LogP contribution in [0, 0.1) is 0 Å². The van der Waals surface area contributed by atoms with E-state index >= 15 is 0 Å². The smallest absolute Gasteiger partial charge is 0.240 e. The van der Waals surface area contributed by atoms with Gasteiger partial charge in [-0.15, -0.1) is 0 Å². The van der Waals surface area contributed by atoms with E-state index < -0.39 is 10.0 Å². The van der Waals surface area contributed by atoms with Gasteiger partial charge in [-0.05, 0) is 43.0 Å². The average Bonchev–Trinajstić information content (AvgIpc) is 2.66. The number of rotatable bonds is 9. The highest BCUT2D eigenvalue weighted by atomic mass is 32.2. The molecule has 26 heavy (non-hydrogen) atoms. The number of hydrogen-bond acceptors (Lipinski definition) is 3. The number of carbonyl (C=O) groups is 1. The van der Waals surface area contributed by atoms with E-state index in [0.29, 0.717) is 12.8 Å². The Morgan fingerprint density at radius 2 is 1.65 bits per heavy atom. The van der Waals surface area contributed by atoms with Crippen LogP contribution in [0.4, 0.5) is 0 Å². The molecule has 0 spiro atoms. The molecule has 0 saturated carbocycles. The maximum absolute atomic E-state index is 12.4. The molecule has 0 saturated heterocycles. The van der Waals surface area contributed by atoms with Crippen molar-refractivity contribution in [2.75, 3.05) is 0 Å². The summed E-state index contributed by atoms with van der Waals surface area (Å²) in [6.45, 7) is 4.25. The fraction of sp³-hybridized carbons (Fsp3) is 0.350. The van der Waals surface area contributed by atoms with Crippen LogP contribution in [0.1, 0.15) is 37.8 Å². The highest BCUT2D eigenvalue weighted by Crippen LogP contribution is 2.13. The average molecular weight is 375 g/mol. The normalized spacial score (nSPS) is 12.5. The second kappa shape index (κ2) is 9.50. The van der Waals surface area contributed by atoms with Crippen LogP contribution in [0.25, 0.3) is 0 Å². The number of hydrogen-bond donors (Lipinski definition) is 2. The van der Waals surface area contributed by atoms with Crippen molar-refractivity contribution in [3.05, 3.63) is 65.7 Å². The molecule has 5 nitrogen and oxygen atoms in total. The lowest BCUT2D eigenvalue weighted by atomic mass is 10.1. The van der Waals surface area contributed by atoms with Crippen LogP contribution in [0.3, 0.4) is 0 Å². The molecule has 1 amide bonds. The quantitative estimate of drug-likeness (QED) is 0.708. The van der Waals surface area contributed by atoms with E-state index in [4.69, 9.17) is 0 Å². The Morgan fingerprint density at radius 3 is 2.27 bits per heavy atom. The van der Waals surface area contributed by atoms with Gasteiger partial charge in [-0.3, -0.25) is 4.79 Å². The first kappa shape index (κ1) is 20.1. The minimum Gasteiger partial charge on any atom is -0.354 e. The molecular formula is C20H26N2O3S. The van der Waals surface area contributed by atoms with Crippen molar-refractivity contribution in [2.24, 2.45) is 0 Å². The summed E-state index contributed by atoms with van der Waals surface area (Å²) in [6.07, 6.45) is 1.87. The van der Waals surface area contributed by atoms with Crippen LogP contribution >= 0.6 is 0 Å². The van der Waals surface area contributed by atoms with Crippen molar-refractivity contribution in [3.63, 3.8) is 0 Å². The van der Waals surface area contributed by atoms with Gasteiger partial charge < -0.3 is 5.32 Å². The fourth-order valence-electron chi connectivity index (χ4n) is 2.40. The van der Waals surface area contributed by atoms with E-state index in [2.05, 4.69) is 10.0 Å². The molecule has 0 radical (unpaired) electrons. The highest BCUT2D eigenvalue weighted by Gasteiger charge is 2.13. The van der Waals surface area contributed by atoms with Crippen LogP contribution < -0.4 is 10.0 Å². The van der Waals surface area contributed by atoms with E-state index in [9.17, 15) is 13.2 Å². The van der Waals surface area contributed by atoms with Gasteiger partial charge in [0, 0.05) is 19.0 Å². The van der Waals surface area contributed by atoms with Crippen LogP contribution in [0.15, 0.2) is 59.5 Å². The Kier molecular flexibility index (Phi) is 7.36. The molecule has 2 N–H and O–H groups in total. The van der Waals surface area contributed by atoms with Crippen molar-refractivity contribution >= 4 is 15.9 Å². The minimum absolute atomic E-state index is 0.0144. The van der Waals surface area contributed by atoms with E-state index in [1.165, 1.54) is 0 Å². The molecule has 6 heteroatoms. The molecule has 0 bridgehead atoms. The molecule has 2 aromatic rings. The first-order chi connectivity index (χ1) is 12.4. The van der Waals surface area contributed by atoms with Crippen molar-refractivity contribution < 1.29 is 13.2 Å². The Balaban J connectivity index is 1.90. The first-order valence-corrected chi connectivity index (χ1v) is 10.3. The summed E-state index contributed by atoms with van der Waals surface area (Å²) in [5, 5.41) is 2.92. The van der Waals surface area contributed by atoms with Gasteiger partial charge in [-0.1, -0.05) is 49.4 Å². The van der Waals surface area contributed by atoms with Gasteiger partial charge in [0.2, 0.25) is 15.9 Å². The number of benzene rings is 2. The lowest BCUT2D eigenvalue weighted by Gasteiger charge is -2.11. The second-order valence-corrected chi connectivity index (χ2v) is 8.10. The van der Waals surface area contributed by atoms with Gasteiger partial charge >= 0.3 is 0 Å². The molecule has 0 aromatic heterocycles. The van der Waals surface area contributed by atoms with Crippen molar-refractivity contribution in [2.45, 2.75) is 50.6 Å². The van der Waals surface area contributed by atoms with Gasteiger partial charge in [0.05, 0.1) is 4.90 Å². The van der Waals surface area contributed by atoms with Crippen LogP contribution in [-0.4, -0.2) is 20.4 Å². The number of aryl methyl sites for hydroxylation is 1. The van der Waals surface area contributed by atoms with E-state index in [1.54, 1.807) is 24.3 Å². The summed E-state index contributed by atoms with van der Waals surface area (Å²) in [7, 11) is -3.56. The molecule has 140 valence electrons. The first-order valence-electron chi connectivity index (χ1n) is 8.82. The maximum atomic E-state index is 12.4. The topological polar surface area (TPSA) is 75.3 Å². The van der Waals surface area contributed by atoms with E-state index in [0.717, 1.165) is 17.5 Å². The molecule has 0 heterocycles. The fourth-order valence-corrected chi connectivity index (χ4v) is 3.42. The monoisotopic (exact) mass is 374 g/mol. The van der Waals surface area contributed by atoms with Crippen molar-refractivity contribution in [3.8, 4) is 0 Å². The predicted molar refractivity (Wildman–Crippen MR) is 103 cm³/mol. The van der Waals surface area contributed by atoms with E-state index in [-0.39, 0.29) is 23.4 Å². The van der Waals surface area contributed by atoms with Crippen LogP contribution in [0.2, 0.25) is 0 Å². The van der Waals surface area contributed by atoms with Crippen molar-refractivity contribution in [1.29, 1.82) is 0 Å². The number of sulfonamides is 1. The maximum Gasteiger partial charge on any atom is 0.240 e. The molecule has 2 aromatic carbocycles. The number of carbonyl (C=O) groups excluding carboxylic acids is 1. The Hall–Kier alpha value is -2.18. The Morgan fingerprint density at radius 1 is 1.00 bits per heavy atom. The molecule has 0 fully saturated rings. The standard InChI is InChI=1S/C20H26N2O3S/c1-3-16(2)22-20(23)14-11-17-9-12-19(13-10-17)26(24,25)21-15-18-7-5-4-6-8-18/h4-10,12-13,16,21H,3,11,14-15H2,1-2H3,(H,22,23)/t16-/m1/s1.